The lowest BCUT2D eigenvalue weighted by Crippen LogP contribution is -2.55. The first-order valence-corrected chi connectivity index (χ1v) is 7.77. The molecule has 3 rings (SSSR count). The Bertz CT molecular complexity index is 396. The van der Waals surface area contributed by atoms with Gasteiger partial charge in [0.2, 0.25) is 0 Å². The van der Waals surface area contributed by atoms with Crippen LogP contribution >= 0.6 is 0 Å². The molecule has 2 nitrogen and oxygen atoms in total. The normalized spacial score (nSPS) is 26.5. The number of hydrogen-bond acceptors (Lipinski definition) is 2. The monoisotopic (exact) mass is 259 g/mol. The fraction of sp³-hybridized carbons (Fsp3) is 0.647. The van der Waals surface area contributed by atoms with Crippen molar-refractivity contribution in [1.82, 2.24) is 5.32 Å². The molecule has 2 heteroatoms. The first-order chi connectivity index (χ1) is 9.31. The van der Waals surface area contributed by atoms with E-state index < -0.39 is 0 Å². The summed E-state index contributed by atoms with van der Waals surface area (Å²) in [6.07, 6.45) is 8.01. The van der Waals surface area contributed by atoms with Crippen molar-refractivity contribution in [3.63, 3.8) is 0 Å². The van der Waals surface area contributed by atoms with E-state index >= 15 is 0 Å². The maximum absolute atomic E-state index is 6.17. The fourth-order valence-corrected chi connectivity index (χ4v) is 3.41. The molecule has 0 amide bonds. The van der Waals surface area contributed by atoms with E-state index in [4.69, 9.17) is 4.74 Å². The molecule has 1 aromatic carbocycles. The van der Waals surface area contributed by atoms with Crippen LogP contribution in [0.2, 0.25) is 0 Å². The number of rotatable bonds is 2. The van der Waals surface area contributed by atoms with E-state index in [9.17, 15) is 0 Å². The third-order valence-corrected chi connectivity index (χ3v) is 4.79. The summed E-state index contributed by atoms with van der Waals surface area (Å²) in [5.74, 6) is 0. The van der Waals surface area contributed by atoms with Crippen LogP contribution in [0.15, 0.2) is 24.3 Å². The standard InChI is InChI=1S/C17H25NO/c1-2-14-6-8-15(9-7-14)16-12-18-17(13-19-16)10-4-3-5-11-17/h6-9,16,18H,2-5,10-13H2,1H3. The fourth-order valence-electron chi connectivity index (χ4n) is 3.41. The zero-order chi connectivity index (χ0) is 13.1. The molecule has 1 heterocycles. The highest BCUT2D eigenvalue weighted by molar-refractivity contribution is 5.25. The van der Waals surface area contributed by atoms with Gasteiger partial charge < -0.3 is 10.1 Å². The topological polar surface area (TPSA) is 21.3 Å². The van der Waals surface area contributed by atoms with Crippen LogP contribution in [0, 0.1) is 0 Å². The summed E-state index contributed by atoms with van der Waals surface area (Å²) in [5, 5.41) is 3.79. The number of aryl methyl sites for hydroxylation is 1. The molecule has 1 aliphatic heterocycles. The van der Waals surface area contributed by atoms with Gasteiger partial charge in [-0.25, -0.2) is 0 Å². The average molecular weight is 259 g/mol. The van der Waals surface area contributed by atoms with Gasteiger partial charge in [-0.1, -0.05) is 50.5 Å². The summed E-state index contributed by atoms with van der Waals surface area (Å²) in [4.78, 5) is 0. The molecule has 2 fully saturated rings. The van der Waals surface area contributed by atoms with Crippen LogP contribution in [0.1, 0.15) is 56.3 Å². The lowest BCUT2D eigenvalue weighted by atomic mass is 9.81. The van der Waals surface area contributed by atoms with Gasteiger partial charge in [-0.3, -0.25) is 0 Å². The van der Waals surface area contributed by atoms with Crippen LogP contribution in [0.25, 0.3) is 0 Å². The summed E-state index contributed by atoms with van der Waals surface area (Å²) in [6, 6.07) is 8.90. The van der Waals surface area contributed by atoms with Crippen LogP contribution < -0.4 is 5.32 Å². The summed E-state index contributed by atoms with van der Waals surface area (Å²) in [5.41, 5.74) is 3.00. The molecule has 104 valence electrons. The van der Waals surface area contributed by atoms with Crippen LogP contribution in [0.3, 0.4) is 0 Å². The van der Waals surface area contributed by atoms with Gasteiger partial charge in [-0.15, -0.1) is 0 Å². The minimum Gasteiger partial charge on any atom is -0.370 e. The van der Waals surface area contributed by atoms with Gasteiger partial charge >= 0.3 is 0 Å². The molecule has 1 aromatic rings. The van der Waals surface area contributed by atoms with Gasteiger partial charge in [-0.05, 0) is 30.4 Å². The second-order valence-electron chi connectivity index (χ2n) is 6.12. The van der Waals surface area contributed by atoms with Crippen molar-refractivity contribution < 1.29 is 4.74 Å². The molecular weight excluding hydrogens is 234 g/mol. The van der Waals surface area contributed by atoms with E-state index in [1.807, 2.05) is 0 Å². The number of morpholine rings is 1. The predicted octanol–water partition coefficient (Wildman–Crippen LogP) is 3.61. The molecular formula is C17H25NO. The van der Waals surface area contributed by atoms with Gasteiger partial charge in [0.25, 0.3) is 0 Å². The second-order valence-corrected chi connectivity index (χ2v) is 6.12. The van der Waals surface area contributed by atoms with Crippen molar-refractivity contribution in [3.8, 4) is 0 Å². The van der Waals surface area contributed by atoms with Crippen molar-refractivity contribution in [2.75, 3.05) is 13.2 Å². The highest BCUT2D eigenvalue weighted by Gasteiger charge is 2.36. The molecule has 1 saturated carbocycles. The molecule has 0 radical (unpaired) electrons. The molecule has 2 aliphatic rings. The highest BCUT2D eigenvalue weighted by atomic mass is 16.5. The summed E-state index contributed by atoms with van der Waals surface area (Å²) in [7, 11) is 0. The Balaban J connectivity index is 1.62. The Morgan fingerprint density at radius 2 is 1.89 bits per heavy atom. The zero-order valence-electron chi connectivity index (χ0n) is 12.0. The Hall–Kier alpha value is -0.860. The Labute approximate surface area is 116 Å². The first kappa shape index (κ1) is 13.1. The number of hydrogen-bond donors (Lipinski definition) is 1. The lowest BCUT2D eigenvalue weighted by Gasteiger charge is -2.43. The van der Waals surface area contributed by atoms with Crippen molar-refractivity contribution in [2.45, 2.75) is 57.1 Å². The number of benzene rings is 1. The molecule has 19 heavy (non-hydrogen) atoms. The quantitative estimate of drug-likeness (QED) is 0.876. The molecule has 1 atom stereocenters. The molecule has 1 spiro atoms. The number of ether oxygens (including phenoxy) is 1. The molecule has 0 aromatic heterocycles. The minimum absolute atomic E-state index is 0.235. The highest BCUT2D eigenvalue weighted by Crippen LogP contribution is 2.33. The van der Waals surface area contributed by atoms with Crippen molar-refractivity contribution in [1.29, 1.82) is 0 Å². The minimum atomic E-state index is 0.235. The lowest BCUT2D eigenvalue weighted by molar-refractivity contribution is -0.0466. The Kier molecular flexibility index (Phi) is 3.90. The zero-order valence-corrected chi connectivity index (χ0v) is 12.0. The van der Waals surface area contributed by atoms with E-state index in [1.165, 1.54) is 43.2 Å². The third-order valence-electron chi connectivity index (χ3n) is 4.79. The SMILES string of the molecule is CCc1ccc(C2CNC3(CCCCC3)CO2)cc1. The summed E-state index contributed by atoms with van der Waals surface area (Å²) >= 11 is 0. The van der Waals surface area contributed by atoms with Crippen LogP contribution in [-0.2, 0) is 11.2 Å². The van der Waals surface area contributed by atoms with E-state index in [-0.39, 0.29) is 11.6 Å². The van der Waals surface area contributed by atoms with E-state index in [0.717, 1.165) is 19.6 Å². The van der Waals surface area contributed by atoms with Gasteiger partial charge in [0.05, 0.1) is 12.7 Å². The van der Waals surface area contributed by atoms with Crippen LogP contribution in [0.4, 0.5) is 0 Å². The molecule has 1 N–H and O–H groups in total. The Morgan fingerprint density at radius 1 is 1.16 bits per heavy atom. The van der Waals surface area contributed by atoms with Gasteiger partial charge in [0, 0.05) is 12.1 Å². The van der Waals surface area contributed by atoms with Crippen molar-refractivity contribution in [3.05, 3.63) is 35.4 Å². The summed E-state index contributed by atoms with van der Waals surface area (Å²) < 4.78 is 6.17. The first-order valence-electron chi connectivity index (χ1n) is 7.77. The molecule has 1 unspecified atom stereocenters. The van der Waals surface area contributed by atoms with Crippen molar-refractivity contribution >= 4 is 0 Å². The molecule has 1 saturated heterocycles. The summed E-state index contributed by atoms with van der Waals surface area (Å²) in [6.45, 7) is 4.04. The van der Waals surface area contributed by atoms with E-state index in [0.29, 0.717) is 0 Å². The van der Waals surface area contributed by atoms with Gasteiger partial charge in [0.15, 0.2) is 0 Å². The molecule has 0 bridgehead atoms. The predicted molar refractivity (Wildman–Crippen MR) is 78.3 cm³/mol. The van der Waals surface area contributed by atoms with Gasteiger partial charge in [0.1, 0.15) is 0 Å². The van der Waals surface area contributed by atoms with Gasteiger partial charge in [-0.2, -0.15) is 0 Å². The van der Waals surface area contributed by atoms with Crippen LogP contribution in [-0.4, -0.2) is 18.7 Å². The Morgan fingerprint density at radius 3 is 2.47 bits per heavy atom. The largest absolute Gasteiger partial charge is 0.370 e. The van der Waals surface area contributed by atoms with E-state index in [1.54, 1.807) is 0 Å². The van der Waals surface area contributed by atoms with Crippen LogP contribution in [0.5, 0.6) is 0 Å². The number of nitrogens with one attached hydrogen (secondary N) is 1. The smallest absolute Gasteiger partial charge is 0.0950 e. The average Bonchev–Trinajstić information content (AvgIpc) is 2.49. The maximum Gasteiger partial charge on any atom is 0.0950 e. The van der Waals surface area contributed by atoms with Crippen molar-refractivity contribution in [2.24, 2.45) is 0 Å². The molecule has 1 aliphatic carbocycles. The van der Waals surface area contributed by atoms with E-state index in [2.05, 4.69) is 36.5 Å². The third kappa shape index (κ3) is 2.85. The second kappa shape index (κ2) is 5.64. The maximum atomic E-state index is 6.17.